The van der Waals surface area contributed by atoms with E-state index in [1.807, 2.05) is 0 Å². The first kappa shape index (κ1) is 34.7. The van der Waals surface area contributed by atoms with Crippen molar-refractivity contribution in [1.29, 1.82) is 0 Å². The quantitative estimate of drug-likeness (QED) is 0.151. The Hall–Kier alpha value is -1.44. The van der Waals surface area contributed by atoms with Crippen LogP contribution in [-0.2, 0) is 18.4 Å². The van der Waals surface area contributed by atoms with Crippen LogP contribution in [0.5, 0.6) is 0 Å². The highest BCUT2D eigenvalue weighted by molar-refractivity contribution is 7.45. The van der Waals surface area contributed by atoms with Crippen LogP contribution in [0.4, 0.5) is 0 Å². The van der Waals surface area contributed by atoms with Gasteiger partial charge in [0.15, 0.2) is 11.9 Å². The maximum absolute atomic E-state index is 12.0. The predicted molar refractivity (Wildman–Crippen MR) is 106 cm³/mol. The minimum atomic E-state index is -4.64. The molecule has 2 heterocycles. The molecule has 1 aromatic rings. The lowest BCUT2D eigenvalue weighted by Gasteiger charge is -2.18. The second-order valence-electron chi connectivity index (χ2n) is 6.06. The van der Waals surface area contributed by atoms with E-state index >= 15 is 0 Å². The fourth-order valence-corrected chi connectivity index (χ4v) is 2.04. The van der Waals surface area contributed by atoms with Crippen LogP contribution in [0, 0.1) is 6.92 Å². The summed E-state index contributed by atoms with van der Waals surface area (Å²) in [5.41, 5.74) is 4.26. The molecule has 0 bridgehead atoms. The van der Waals surface area contributed by atoms with Gasteiger partial charge in [0.1, 0.15) is 12.2 Å². The van der Waals surface area contributed by atoms with Gasteiger partial charge >= 0.3 is 23.5 Å². The number of rotatable bonds is 2. The number of aromatic nitrogens is 2. The third-order valence-corrected chi connectivity index (χ3v) is 3.04. The van der Waals surface area contributed by atoms with E-state index in [9.17, 15) is 19.8 Å². The van der Waals surface area contributed by atoms with Crippen molar-refractivity contribution in [3.8, 4) is 0 Å². The molecule has 200 valence electrons. The van der Waals surface area contributed by atoms with Crippen molar-refractivity contribution in [2.75, 3.05) is 0 Å². The van der Waals surface area contributed by atoms with Gasteiger partial charge in [-0.25, -0.2) is 18.7 Å². The molecule has 4 atom stereocenters. The molecule has 0 aliphatic carbocycles. The van der Waals surface area contributed by atoms with E-state index in [1.165, 1.54) is 6.20 Å². The Bertz CT molecular complexity index is 939. The second kappa shape index (κ2) is 13.6. The molecule has 0 radical (unpaired) electrons. The highest BCUT2D eigenvalue weighted by Crippen LogP contribution is 2.28. The Labute approximate surface area is 189 Å². The Kier molecular flexibility index (Phi) is 13.9. The molecular formula is C11H24N3O17P3. The number of aliphatic hydroxyl groups is 2. The smallest absolute Gasteiger partial charge is 0.388 e. The summed E-state index contributed by atoms with van der Waals surface area (Å²) in [5.74, 6) is -0.955. The van der Waals surface area contributed by atoms with Gasteiger partial charge in [0.05, 0.1) is 11.8 Å². The SMILES string of the molecule is Cc1cn([C@@H]2O[C@H](C)[C@@H](O)[C@H]2O)c(=O)c(C(N)=O)n1.O=P(O)(O)O.O=P(O)(O)O.O=P(O)(O)O. The van der Waals surface area contributed by atoms with Crippen LogP contribution in [0.3, 0.4) is 0 Å². The van der Waals surface area contributed by atoms with Crippen LogP contribution in [0.1, 0.15) is 29.3 Å². The number of aryl methyl sites for hydroxylation is 1. The molecule has 0 aromatic carbocycles. The van der Waals surface area contributed by atoms with Crippen LogP contribution in [0.15, 0.2) is 11.0 Å². The average molecular weight is 563 g/mol. The van der Waals surface area contributed by atoms with Gasteiger partial charge in [-0.2, -0.15) is 0 Å². The van der Waals surface area contributed by atoms with Crippen molar-refractivity contribution in [1.82, 2.24) is 9.55 Å². The lowest BCUT2D eigenvalue weighted by molar-refractivity contribution is -0.0346. The number of primary amides is 1. The lowest BCUT2D eigenvalue weighted by Crippen LogP contribution is -2.38. The summed E-state index contributed by atoms with van der Waals surface area (Å²) < 4.78 is 33.0. The third kappa shape index (κ3) is 18.0. The van der Waals surface area contributed by atoms with Gasteiger partial charge in [-0.05, 0) is 13.8 Å². The number of hydrogen-bond acceptors (Lipinski definition) is 9. The van der Waals surface area contributed by atoms with Crippen LogP contribution in [0.2, 0.25) is 0 Å². The molecule has 34 heavy (non-hydrogen) atoms. The van der Waals surface area contributed by atoms with Crippen LogP contribution >= 0.6 is 23.5 Å². The van der Waals surface area contributed by atoms with E-state index in [1.54, 1.807) is 13.8 Å². The summed E-state index contributed by atoms with van der Waals surface area (Å²) in [4.78, 5) is 91.6. The van der Waals surface area contributed by atoms with Crippen LogP contribution < -0.4 is 11.3 Å². The number of amides is 1. The number of ether oxygens (including phenoxy) is 1. The van der Waals surface area contributed by atoms with Gasteiger partial charge in [-0.1, -0.05) is 0 Å². The molecule has 1 amide bonds. The van der Waals surface area contributed by atoms with E-state index in [4.69, 9.17) is 68.2 Å². The zero-order chi connectivity index (χ0) is 27.8. The van der Waals surface area contributed by atoms with Crippen LogP contribution in [-0.4, -0.2) is 88.0 Å². The lowest BCUT2D eigenvalue weighted by atomic mass is 10.1. The molecule has 0 unspecified atom stereocenters. The van der Waals surface area contributed by atoms with Crippen LogP contribution in [0.25, 0.3) is 0 Å². The summed E-state index contributed by atoms with van der Waals surface area (Å²) >= 11 is 0. The van der Waals surface area contributed by atoms with Crippen molar-refractivity contribution in [3.63, 3.8) is 0 Å². The molecule has 23 heteroatoms. The molecule has 20 nitrogen and oxygen atoms in total. The van der Waals surface area contributed by atoms with Crippen molar-refractivity contribution in [2.24, 2.45) is 5.73 Å². The molecule has 0 saturated carbocycles. The average Bonchev–Trinajstić information content (AvgIpc) is 2.79. The van der Waals surface area contributed by atoms with Gasteiger partial charge < -0.3 is 64.7 Å². The van der Waals surface area contributed by atoms with E-state index < -0.39 is 65.2 Å². The second-order valence-corrected chi connectivity index (χ2v) is 9.14. The first-order valence-corrected chi connectivity index (χ1v) is 12.8. The maximum Gasteiger partial charge on any atom is 0.466 e. The number of aliphatic hydroxyl groups excluding tert-OH is 2. The third-order valence-electron chi connectivity index (χ3n) is 3.04. The topological polar surface area (TPSA) is 361 Å². The minimum absolute atomic E-state index is 0.373. The molecule has 1 fully saturated rings. The van der Waals surface area contributed by atoms with Crippen molar-refractivity contribution < 1.29 is 77.5 Å². The molecule has 2 rings (SSSR count). The fourth-order valence-electron chi connectivity index (χ4n) is 2.04. The van der Waals surface area contributed by atoms with Crippen molar-refractivity contribution in [3.05, 3.63) is 27.9 Å². The molecule has 1 aliphatic rings. The summed E-state index contributed by atoms with van der Waals surface area (Å²) in [5, 5.41) is 19.5. The Morgan fingerprint density at radius 1 is 0.941 bits per heavy atom. The standard InChI is InChI=1S/C11H15N3O5.3H3O4P/c1-4-3-14(10(18)6(13-4)9(12)17)11-8(16)7(15)5(2)19-11;3*1-5(2,3)4/h3,5,7-8,11,15-16H,1-2H3,(H2,12,17);3*(H3,1,2,3,4)/t5-,7-,8-,11-;;;/m1.../s1. The monoisotopic (exact) mass is 563 g/mol. The van der Waals surface area contributed by atoms with E-state index in [0.29, 0.717) is 5.69 Å². The maximum atomic E-state index is 12.0. The zero-order valence-corrected chi connectivity index (χ0v) is 19.8. The van der Waals surface area contributed by atoms with Gasteiger partial charge in [0.25, 0.3) is 11.5 Å². The zero-order valence-electron chi connectivity index (χ0n) is 17.1. The molecule has 13 N–H and O–H groups in total. The summed E-state index contributed by atoms with van der Waals surface area (Å²) in [6, 6.07) is 0. The summed E-state index contributed by atoms with van der Waals surface area (Å²) in [7, 11) is -13.9. The number of carbonyl (C=O) groups is 1. The fraction of sp³-hybridized carbons (Fsp3) is 0.545. The van der Waals surface area contributed by atoms with Crippen molar-refractivity contribution in [2.45, 2.75) is 38.4 Å². The first-order chi connectivity index (χ1) is 14.8. The normalized spacial score (nSPS) is 22.3. The Balaban J connectivity index is 0. The van der Waals surface area contributed by atoms with E-state index in [0.717, 1.165) is 4.57 Å². The number of phosphoric acid groups is 3. The highest BCUT2D eigenvalue weighted by atomic mass is 31.2. The van der Waals surface area contributed by atoms with E-state index in [-0.39, 0.29) is 0 Å². The number of carbonyl (C=O) groups excluding carboxylic acids is 1. The Morgan fingerprint density at radius 2 is 1.29 bits per heavy atom. The largest absolute Gasteiger partial charge is 0.466 e. The van der Waals surface area contributed by atoms with Gasteiger partial charge in [0.2, 0.25) is 0 Å². The van der Waals surface area contributed by atoms with E-state index in [2.05, 4.69) is 4.98 Å². The predicted octanol–water partition coefficient (Wildman–Crippen LogP) is -4.50. The molecular weight excluding hydrogens is 539 g/mol. The number of hydrogen-bond donors (Lipinski definition) is 12. The molecule has 1 aliphatic heterocycles. The molecule has 1 aromatic heterocycles. The van der Waals surface area contributed by atoms with Gasteiger partial charge in [0, 0.05) is 6.20 Å². The Morgan fingerprint density at radius 3 is 1.56 bits per heavy atom. The summed E-state index contributed by atoms with van der Waals surface area (Å²) in [6.45, 7) is 3.14. The molecule has 0 spiro atoms. The minimum Gasteiger partial charge on any atom is -0.388 e. The number of nitrogens with zero attached hydrogens (tertiary/aromatic N) is 2. The molecule has 1 saturated heterocycles. The van der Waals surface area contributed by atoms with Gasteiger partial charge in [-0.3, -0.25) is 14.2 Å². The highest BCUT2D eigenvalue weighted by Gasteiger charge is 2.42. The van der Waals surface area contributed by atoms with Gasteiger partial charge in [-0.15, -0.1) is 0 Å². The van der Waals surface area contributed by atoms with Crippen molar-refractivity contribution >= 4 is 29.4 Å². The number of nitrogens with two attached hydrogens (primary N) is 1. The first-order valence-electron chi connectivity index (χ1n) is 8.09. The summed E-state index contributed by atoms with van der Waals surface area (Å²) in [6.07, 6.45) is -2.74.